The molecule has 0 bridgehead atoms. The molecule has 0 saturated heterocycles. The minimum atomic E-state index is -3.82. The van der Waals surface area contributed by atoms with E-state index in [0.717, 1.165) is 18.4 Å². The van der Waals surface area contributed by atoms with Crippen LogP contribution in [0.15, 0.2) is 47.4 Å². The first-order valence-corrected chi connectivity index (χ1v) is 12.6. The Labute approximate surface area is 200 Å². The van der Waals surface area contributed by atoms with Crippen molar-refractivity contribution in [1.29, 1.82) is 0 Å². The third kappa shape index (κ3) is 6.27. The third-order valence-electron chi connectivity index (χ3n) is 5.47. The number of likely N-dealkylation sites (N-methyl/N-ethyl adjacent to an activating group) is 1. The molecule has 9 nitrogen and oxygen atoms in total. The van der Waals surface area contributed by atoms with Gasteiger partial charge in [-0.25, -0.2) is 13.1 Å². The van der Waals surface area contributed by atoms with Crippen LogP contribution >= 0.6 is 0 Å². The second-order valence-electron chi connectivity index (χ2n) is 8.31. The SMILES string of the molecule is CCC(NC(=O)c1ccc(OC)c(S(=O)(=O)NC2CC2)c1)c1ccccc1OCC(=O)N(C)C. The zero-order chi connectivity index (χ0) is 24.9. The molecular weight excluding hydrogens is 458 g/mol. The second kappa shape index (κ2) is 10.9. The predicted octanol–water partition coefficient (Wildman–Crippen LogP) is 2.48. The smallest absolute Gasteiger partial charge is 0.259 e. The van der Waals surface area contributed by atoms with Crippen molar-refractivity contribution < 1.29 is 27.5 Å². The summed E-state index contributed by atoms with van der Waals surface area (Å²) in [5.41, 5.74) is 0.915. The van der Waals surface area contributed by atoms with Crippen LogP contribution in [0.3, 0.4) is 0 Å². The van der Waals surface area contributed by atoms with E-state index in [-0.39, 0.29) is 34.8 Å². The van der Waals surface area contributed by atoms with E-state index in [1.54, 1.807) is 26.2 Å². The molecular formula is C24H31N3O6S. The number of carbonyl (C=O) groups is 2. The summed E-state index contributed by atoms with van der Waals surface area (Å²) in [5.74, 6) is 0.0488. The Morgan fingerprint density at radius 1 is 1.12 bits per heavy atom. The summed E-state index contributed by atoms with van der Waals surface area (Å²) >= 11 is 0. The molecule has 2 aromatic rings. The lowest BCUT2D eigenvalue weighted by Crippen LogP contribution is -2.30. The van der Waals surface area contributed by atoms with Crippen LogP contribution in [0.25, 0.3) is 0 Å². The van der Waals surface area contributed by atoms with E-state index in [0.29, 0.717) is 12.2 Å². The highest BCUT2D eigenvalue weighted by atomic mass is 32.2. The number of sulfonamides is 1. The number of rotatable bonds is 11. The van der Waals surface area contributed by atoms with Gasteiger partial charge in [0.2, 0.25) is 10.0 Å². The second-order valence-corrected chi connectivity index (χ2v) is 9.99. The van der Waals surface area contributed by atoms with Crippen molar-refractivity contribution in [2.24, 2.45) is 0 Å². The van der Waals surface area contributed by atoms with Crippen LogP contribution in [0, 0.1) is 0 Å². The molecule has 10 heteroatoms. The topological polar surface area (TPSA) is 114 Å². The number of nitrogens with zero attached hydrogens (tertiary/aromatic N) is 1. The quantitative estimate of drug-likeness (QED) is 0.501. The van der Waals surface area contributed by atoms with Crippen LogP contribution < -0.4 is 19.5 Å². The normalized spacial score (nSPS) is 14.2. The van der Waals surface area contributed by atoms with Gasteiger partial charge in [-0.15, -0.1) is 0 Å². The number of methoxy groups -OCH3 is 1. The Balaban J connectivity index is 1.82. The highest BCUT2D eigenvalue weighted by molar-refractivity contribution is 7.89. The van der Waals surface area contributed by atoms with E-state index in [9.17, 15) is 18.0 Å². The molecule has 0 spiro atoms. The van der Waals surface area contributed by atoms with Gasteiger partial charge in [-0.2, -0.15) is 0 Å². The van der Waals surface area contributed by atoms with Crippen LogP contribution in [0.2, 0.25) is 0 Å². The lowest BCUT2D eigenvalue weighted by atomic mass is 10.0. The van der Waals surface area contributed by atoms with Gasteiger partial charge >= 0.3 is 0 Å². The first-order valence-electron chi connectivity index (χ1n) is 11.1. The minimum absolute atomic E-state index is 0.0754. The van der Waals surface area contributed by atoms with Gasteiger partial charge in [0.25, 0.3) is 11.8 Å². The van der Waals surface area contributed by atoms with Crippen molar-refractivity contribution in [2.75, 3.05) is 27.8 Å². The fourth-order valence-electron chi connectivity index (χ4n) is 3.32. The predicted molar refractivity (Wildman–Crippen MR) is 127 cm³/mol. The highest BCUT2D eigenvalue weighted by Crippen LogP contribution is 2.30. The van der Waals surface area contributed by atoms with E-state index in [4.69, 9.17) is 9.47 Å². The standard InChI is InChI=1S/C24H31N3O6S/c1-5-19(18-8-6-7-9-20(18)33-15-23(28)27(2)3)25-24(29)16-10-13-21(32-4)22(14-16)34(30,31)26-17-11-12-17/h6-10,13-14,17,19,26H,5,11-12,15H2,1-4H3,(H,25,29). The van der Waals surface area contributed by atoms with E-state index in [1.807, 2.05) is 19.1 Å². The Morgan fingerprint density at radius 3 is 2.44 bits per heavy atom. The number of hydrogen-bond donors (Lipinski definition) is 2. The summed E-state index contributed by atoms with van der Waals surface area (Å²) in [4.78, 5) is 26.4. The van der Waals surface area contributed by atoms with Crippen molar-refractivity contribution >= 4 is 21.8 Å². The van der Waals surface area contributed by atoms with Gasteiger partial charge in [-0.1, -0.05) is 25.1 Å². The maximum atomic E-state index is 13.1. The highest BCUT2D eigenvalue weighted by Gasteiger charge is 2.30. The Kier molecular flexibility index (Phi) is 8.16. The molecule has 1 fully saturated rings. The van der Waals surface area contributed by atoms with Gasteiger partial charge in [0.05, 0.1) is 13.2 Å². The van der Waals surface area contributed by atoms with Crippen molar-refractivity contribution in [3.63, 3.8) is 0 Å². The molecule has 0 heterocycles. The summed E-state index contributed by atoms with van der Waals surface area (Å²) < 4.78 is 39.1. The Bertz CT molecular complexity index is 1150. The molecule has 2 N–H and O–H groups in total. The molecule has 1 aliphatic carbocycles. The summed E-state index contributed by atoms with van der Waals surface area (Å²) in [5, 5.41) is 2.95. The summed E-state index contributed by atoms with van der Waals surface area (Å²) in [6.07, 6.45) is 2.14. The third-order valence-corrected chi connectivity index (χ3v) is 7.01. The van der Waals surface area contributed by atoms with Crippen LogP contribution in [-0.4, -0.2) is 59.0 Å². The average Bonchev–Trinajstić information content (AvgIpc) is 3.63. The largest absolute Gasteiger partial charge is 0.495 e. The van der Waals surface area contributed by atoms with Gasteiger partial charge in [0, 0.05) is 31.3 Å². The van der Waals surface area contributed by atoms with Gasteiger partial charge in [0.1, 0.15) is 16.4 Å². The van der Waals surface area contributed by atoms with E-state index >= 15 is 0 Å². The van der Waals surface area contributed by atoms with Gasteiger partial charge in [-0.3, -0.25) is 9.59 Å². The van der Waals surface area contributed by atoms with E-state index < -0.39 is 22.0 Å². The van der Waals surface area contributed by atoms with E-state index in [1.165, 1.54) is 30.2 Å². The molecule has 3 rings (SSSR count). The molecule has 184 valence electrons. The first-order chi connectivity index (χ1) is 16.2. The fourth-order valence-corrected chi connectivity index (χ4v) is 4.82. The number of hydrogen-bond acceptors (Lipinski definition) is 6. The lowest BCUT2D eigenvalue weighted by molar-refractivity contribution is -0.130. The van der Waals surface area contributed by atoms with Crippen LogP contribution in [0.4, 0.5) is 0 Å². The first kappa shape index (κ1) is 25.5. The summed E-state index contributed by atoms with van der Waals surface area (Å²) in [6, 6.07) is 11.0. The van der Waals surface area contributed by atoms with Gasteiger partial charge in [0.15, 0.2) is 6.61 Å². The number of ether oxygens (including phenoxy) is 2. The molecule has 1 atom stereocenters. The summed E-state index contributed by atoms with van der Waals surface area (Å²) in [7, 11) is 0.861. The van der Waals surface area contributed by atoms with Crippen molar-refractivity contribution in [3.8, 4) is 11.5 Å². The molecule has 34 heavy (non-hydrogen) atoms. The molecule has 2 aromatic carbocycles. The molecule has 0 aromatic heterocycles. The van der Waals surface area contributed by atoms with Crippen LogP contribution in [0.1, 0.15) is 48.1 Å². The zero-order valence-corrected chi connectivity index (χ0v) is 20.6. The molecule has 1 unspecified atom stereocenters. The van der Waals surface area contributed by atoms with Crippen LogP contribution in [0.5, 0.6) is 11.5 Å². The van der Waals surface area contributed by atoms with Gasteiger partial charge < -0.3 is 19.7 Å². The Hall–Kier alpha value is -3.11. The van der Waals surface area contributed by atoms with Crippen molar-refractivity contribution in [2.45, 2.75) is 43.2 Å². The van der Waals surface area contributed by atoms with Crippen LogP contribution in [-0.2, 0) is 14.8 Å². The number of amides is 2. The minimum Gasteiger partial charge on any atom is -0.495 e. The molecule has 0 radical (unpaired) electrons. The fraction of sp³-hybridized carbons (Fsp3) is 0.417. The number of benzene rings is 2. The average molecular weight is 490 g/mol. The van der Waals surface area contributed by atoms with Crippen molar-refractivity contribution in [1.82, 2.24) is 14.9 Å². The molecule has 0 aliphatic heterocycles. The van der Waals surface area contributed by atoms with E-state index in [2.05, 4.69) is 10.0 Å². The number of nitrogens with one attached hydrogen (secondary N) is 2. The maximum Gasteiger partial charge on any atom is 0.259 e. The molecule has 1 saturated carbocycles. The zero-order valence-electron chi connectivity index (χ0n) is 19.8. The molecule has 2 amide bonds. The number of carbonyl (C=O) groups excluding carboxylic acids is 2. The summed E-state index contributed by atoms with van der Waals surface area (Å²) in [6.45, 7) is 1.79. The van der Waals surface area contributed by atoms with Crippen molar-refractivity contribution in [3.05, 3.63) is 53.6 Å². The van der Waals surface area contributed by atoms with Gasteiger partial charge in [-0.05, 0) is 43.5 Å². The number of para-hydroxylation sites is 1. The maximum absolute atomic E-state index is 13.1. The molecule has 1 aliphatic rings. The monoisotopic (exact) mass is 489 g/mol. The Morgan fingerprint density at radius 2 is 1.82 bits per heavy atom. The lowest BCUT2D eigenvalue weighted by Gasteiger charge is -2.21.